The number of fused-ring (bicyclic) bond motifs is 2. The molecule has 3 aromatic rings. The minimum Gasteiger partial charge on any atom is -0.397 e. The molecule has 1 aliphatic rings. The molecule has 22 heavy (non-hydrogen) atoms. The summed E-state index contributed by atoms with van der Waals surface area (Å²) in [6.45, 7) is 3.40. The Bertz CT molecular complexity index is 881. The fraction of sp³-hybridized carbons (Fsp3) is 0.250. The summed E-state index contributed by atoms with van der Waals surface area (Å²) in [4.78, 5) is 20.5. The Balaban J connectivity index is 1.84. The maximum Gasteiger partial charge on any atom is 0.171 e. The molecule has 0 saturated carbocycles. The van der Waals surface area contributed by atoms with Gasteiger partial charge in [-0.15, -0.1) is 22.7 Å². The van der Waals surface area contributed by atoms with E-state index in [4.69, 9.17) is 5.73 Å². The highest BCUT2D eigenvalue weighted by atomic mass is 32.1. The van der Waals surface area contributed by atoms with E-state index >= 15 is 0 Å². The zero-order valence-electron chi connectivity index (χ0n) is 12.1. The minimum atomic E-state index is 0.0171. The molecule has 6 heteroatoms. The molecule has 0 spiro atoms. The number of hydrogen-bond donors (Lipinski definition) is 1. The number of nitrogens with zero attached hydrogens (tertiary/aromatic N) is 2. The van der Waals surface area contributed by atoms with Crippen molar-refractivity contribution >= 4 is 49.9 Å². The molecule has 0 unspecified atom stereocenters. The summed E-state index contributed by atoms with van der Waals surface area (Å²) in [7, 11) is 0. The number of pyridine rings is 1. The Hall–Kier alpha value is -1.92. The van der Waals surface area contributed by atoms with Crippen LogP contribution in [0.2, 0.25) is 0 Å². The van der Waals surface area contributed by atoms with Crippen LogP contribution in [0.3, 0.4) is 0 Å². The molecular formula is C16H15N3OS2. The Labute approximate surface area is 136 Å². The first-order chi connectivity index (χ1) is 10.6. The van der Waals surface area contributed by atoms with Crippen LogP contribution in [0.4, 0.5) is 11.4 Å². The number of carbonyl (C=O) groups is 1. The van der Waals surface area contributed by atoms with Crippen molar-refractivity contribution in [1.29, 1.82) is 0 Å². The standard InChI is InChI=1S/C16H15N3OS2/c1-9(20)16-15(17)14-11(6-18-7-13(14)22-16)19-4-2-12-10(8-19)3-5-21-12/h3,5-7H,2,4,8,17H2,1H3. The van der Waals surface area contributed by atoms with Crippen LogP contribution < -0.4 is 10.6 Å². The number of anilines is 2. The molecular weight excluding hydrogens is 314 g/mol. The van der Waals surface area contributed by atoms with Crippen molar-refractivity contribution in [2.24, 2.45) is 0 Å². The minimum absolute atomic E-state index is 0.0171. The summed E-state index contributed by atoms with van der Waals surface area (Å²) >= 11 is 3.26. The lowest BCUT2D eigenvalue weighted by Crippen LogP contribution is -2.29. The zero-order valence-corrected chi connectivity index (χ0v) is 13.8. The van der Waals surface area contributed by atoms with E-state index in [1.165, 1.54) is 21.8 Å². The van der Waals surface area contributed by atoms with Gasteiger partial charge >= 0.3 is 0 Å². The second-order valence-corrected chi connectivity index (χ2v) is 7.53. The van der Waals surface area contributed by atoms with E-state index in [0.717, 1.165) is 35.3 Å². The van der Waals surface area contributed by atoms with Gasteiger partial charge in [0.25, 0.3) is 0 Å². The molecule has 0 aromatic carbocycles. The molecule has 0 amide bonds. The average Bonchev–Trinajstić information content (AvgIpc) is 3.11. The molecule has 0 radical (unpaired) electrons. The van der Waals surface area contributed by atoms with Crippen LogP contribution >= 0.6 is 22.7 Å². The molecule has 4 heterocycles. The molecule has 0 bridgehead atoms. The molecule has 4 nitrogen and oxygen atoms in total. The fourth-order valence-corrected chi connectivity index (χ4v) is 4.91. The number of thiophene rings is 2. The van der Waals surface area contributed by atoms with E-state index < -0.39 is 0 Å². The Morgan fingerprint density at radius 1 is 1.41 bits per heavy atom. The highest BCUT2D eigenvalue weighted by Gasteiger charge is 2.23. The summed E-state index contributed by atoms with van der Waals surface area (Å²) in [6, 6.07) is 2.19. The molecule has 0 aliphatic carbocycles. The van der Waals surface area contributed by atoms with Gasteiger partial charge in [-0.3, -0.25) is 9.78 Å². The number of rotatable bonds is 2. The van der Waals surface area contributed by atoms with E-state index in [1.807, 2.05) is 17.5 Å². The predicted molar refractivity (Wildman–Crippen MR) is 93.1 cm³/mol. The largest absolute Gasteiger partial charge is 0.397 e. The number of Topliss-reactive ketones (excluding diaryl/α,β-unsaturated/α-hetero) is 1. The lowest BCUT2D eigenvalue weighted by Gasteiger charge is -2.29. The van der Waals surface area contributed by atoms with Gasteiger partial charge < -0.3 is 10.6 Å². The van der Waals surface area contributed by atoms with Crippen LogP contribution in [-0.2, 0) is 13.0 Å². The number of nitrogen functional groups attached to an aromatic ring is 1. The second-order valence-electron chi connectivity index (χ2n) is 5.47. The topological polar surface area (TPSA) is 59.2 Å². The van der Waals surface area contributed by atoms with Crippen molar-refractivity contribution in [3.8, 4) is 0 Å². The third-order valence-electron chi connectivity index (χ3n) is 4.09. The molecule has 0 saturated heterocycles. The van der Waals surface area contributed by atoms with Crippen molar-refractivity contribution in [3.05, 3.63) is 39.2 Å². The number of aromatic nitrogens is 1. The first-order valence-electron chi connectivity index (χ1n) is 7.12. The van der Waals surface area contributed by atoms with Crippen LogP contribution in [-0.4, -0.2) is 17.3 Å². The number of nitrogens with two attached hydrogens (primary N) is 1. The van der Waals surface area contributed by atoms with Crippen LogP contribution in [0.25, 0.3) is 10.1 Å². The molecule has 3 aromatic heterocycles. The fourth-order valence-electron chi connectivity index (χ4n) is 3.01. The Morgan fingerprint density at radius 3 is 3.09 bits per heavy atom. The van der Waals surface area contributed by atoms with Crippen molar-refractivity contribution in [1.82, 2.24) is 4.98 Å². The van der Waals surface area contributed by atoms with Gasteiger partial charge in [0.05, 0.1) is 27.1 Å². The number of carbonyl (C=O) groups excluding carboxylic acids is 1. The van der Waals surface area contributed by atoms with Crippen LogP contribution in [0.15, 0.2) is 23.8 Å². The number of ketones is 1. The Morgan fingerprint density at radius 2 is 2.27 bits per heavy atom. The average molecular weight is 329 g/mol. The molecule has 0 atom stereocenters. The summed E-state index contributed by atoms with van der Waals surface area (Å²) in [5, 5.41) is 3.13. The normalized spacial score (nSPS) is 14.3. The SMILES string of the molecule is CC(=O)c1sc2cncc(N3CCc4sccc4C3)c2c1N. The summed E-state index contributed by atoms with van der Waals surface area (Å²) in [6.07, 6.45) is 4.71. The second kappa shape index (κ2) is 5.07. The highest BCUT2D eigenvalue weighted by Crippen LogP contribution is 2.40. The van der Waals surface area contributed by atoms with Gasteiger partial charge in [0.15, 0.2) is 5.78 Å². The first kappa shape index (κ1) is 13.7. The number of hydrogen-bond acceptors (Lipinski definition) is 6. The van der Waals surface area contributed by atoms with Gasteiger partial charge in [-0.1, -0.05) is 0 Å². The van der Waals surface area contributed by atoms with E-state index in [-0.39, 0.29) is 5.78 Å². The zero-order chi connectivity index (χ0) is 15.3. The van der Waals surface area contributed by atoms with Crippen molar-refractivity contribution in [2.45, 2.75) is 19.9 Å². The lowest BCUT2D eigenvalue weighted by atomic mass is 10.1. The third kappa shape index (κ3) is 2.02. The van der Waals surface area contributed by atoms with Crippen LogP contribution in [0.5, 0.6) is 0 Å². The quantitative estimate of drug-likeness (QED) is 0.728. The highest BCUT2D eigenvalue weighted by molar-refractivity contribution is 7.21. The van der Waals surface area contributed by atoms with Crippen molar-refractivity contribution in [3.63, 3.8) is 0 Å². The van der Waals surface area contributed by atoms with Crippen LogP contribution in [0, 0.1) is 0 Å². The van der Waals surface area contributed by atoms with Gasteiger partial charge in [0.1, 0.15) is 0 Å². The van der Waals surface area contributed by atoms with Crippen LogP contribution in [0.1, 0.15) is 27.0 Å². The van der Waals surface area contributed by atoms with Gasteiger partial charge in [0.2, 0.25) is 0 Å². The smallest absolute Gasteiger partial charge is 0.171 e. The summed E-state index contributed by atoms with van der Waals surface area (Å²) in [5.41, 5.74) is 9.28. The summed E-state index contributed by atoms with van der Waals surface area (Å²) < 4.78 is 0.983. The molecule has 4 rings (SSSR count). The van der Waals surface area contributed by atoms with E-state index in [1.54, 1.807) is 13.1 Å². The maximum absolute atomic E-state index is 11.8. The van der Waals surface area contributed by atoms with E-state index in [2.05, 4.69) is 21.3 Å². The van der Waals surface area contributed by atoms with Crippen molar-refractivity contribution in [2.75, 3.05) is 17.2 Å². The molecule has 1 aliphatic heterocycles. The summed E-state index contributed by atoms with van der Waals surface area (Å²) in [5.74, 6) is 0.0171. The maximum atomic E-state index is 11.8. The van der Waals surface area contributed by atoms with E-state index in [0.29, 0.717) is 10.6 Å². The third-order valence-corrected chi connectivity index (χ3v) is 6.35. The predicted octanol–water partition coefficient (Wildman–Crippen LogP) is 3.71. The van der Waals surface area contributed by atoms with Gasteiger partial charge in [-0.05, 0) is 23.4 Å². The molecule has 0 fully saturated rings. The monoisotopic (exact) mass is 329 g/mol. The lowest BCUT2D eigenvalue weighted by molar-refractivity contribution is 0.102. The molecule has 112 valence electrons. The Kier molecular flexibility index (Phi) is 3.16. The van der Waals surface area contributed by atoms with Crippen molar-refractivity contribution < 1.29 is 4.79 Å². The first-order valence-corrected chi connectivity index (χ1v) is 8.82. The van der Waals surface area contributed by atoms with Gasteiger partial charge in [-0.2, -0.15) is 0 Å². The van der Waals surface area contributed by atoms with E-state index in [9.17, 15) is 4.79 Å². The molecule has 2 N–H and O–H groups in total. The van der Waals surface area contributed by atoms with Gasteiger partial charge in [-0.25, -0.2) is 0 Å². The van der Waals surface area contributed by atoms with Gasteiger partial charge in [0, 0.05) is 36.5 Å².